The van der Waals surface area contributed by atoms with Gasteiger partial charge in [-0.1, -0.05) is 0 Å². The van der Waals surface area contributed by atoms with Crippen molar-refractivity contribution in [2.45, 2.75) is 38.0 Å². The summed E-state index contributed by atoms with van der Waals surface area (Å²) in [6, 6.07) is -0.561. The summed E-state index contributed by atoms with van der Waals surface area (Å²) in [7, 11) is -0.969. The zero-order valence-electron chi connectivity index (χ0n) is 10.4. The highest BCUT2D eigenvalue weighted by Crippen LogP contribution is 1.96. The molecule has 2 amide bonds. The molecule has 0 saturated carbocycles. The smallest absolute Gasteiger partial charge is 0.315 e. The third kappa shape index (κ3) is 8.67. The second-order valence-corrected chi connectivity index (χ2v) is 5.80. The minimum atomic E-state index is -0.969. The zero-order valence-corrected chi connectivity index (χ0v) is 11.2. The van der Waals surface area contributed by atoms with Gasteiger partial charge in [0.05, 0.1) is 0 Å². The van der Waals surface area contributed by atoms with Crippen molar-refractivity contribution < 1.29 is 18.9 Å². The van der Waals surface area contributed by atoms with Crippen LogP contribution in [-0.4, -0.2) is 45.4 Å². The number of carbonyl (C=O) groups is 2. The van der Waals surface area contributed by atoms with E-state index in [2.05, 4.69) is 10.6 Å². The van der Waals surface area contributed by atoms with Crippen molar-refractivity contribution in [3.05, 3.63) is 0 Å². The Morgan fingerprint density at radius 2 is 1.94 bits per heavy atom. The molecule has 3 unspecified atom stereocenters. The first-order valence-electron chi connectivity index (χ1n) is 5.41. The Hall–Kier alpha value is -1.11. The van der Waals surface area contributed by atoms with Crippen LogP contribution in [0.3, 0.4) is 0 Å². The van der Waals surface area contributed by atoms with Gasteiger partial charge in [-0.2, -0.15) is 0 Å². The molecule has 0 fully saturated rings. The van der Waals surface area contributed by atoms with Gasteiger partial charge in [-0.25, -0.2) is 4.79 Å². The van der Waals surface area contributed by atoms with Crippen LogP contribution < -0.4 is 10.6 Å². The SMILES string of the molecule is CC(CCC(=O)O)NC(=O)NCC(C)S(C)=O. The first-order chi connectivity index (χ1) is 7.82. The topological polar surface area (TPSA) is 95.5 Å². The van der Waals surface area contributed by atoms with Crippen LogP contribution in [0, 0.1) is 0 Å². The van der Waals surface area contributed by atoms with Crippen LogP contribution in [0.2, 0.25) is 0 Å². The average molecular weight is 264 g/mol. The zero-order chi connectivity index (χ0) is 13.4. The lowest BCUT2D eigenvalue weighted by Crippen LogP contribution is -2.43. The molecular weight excluding hydrogens is 244 g/mol. The van der Waals surface area contributed by atoms with Gasteiger partial charge in [-0.15, -0.1) is 0 Å². The Balaban J connectivity index is 3.78. The summed E-state index contributed by atoms with van der Waals surface area (Å²) < 4.78 is 11.0. The number of carbonyl (C=O) groups excluding carboxylic acids is 1. The van der Waals surface area contributed by atoms with Gasteiger partial charge >= 0.3 is 12.0 Å². The highest BCUT2D eigenvalue weighted by Gasteiger charge is 2.11. The molecule has 0 rings (SSSR count). The molecule has 0 heterocycles. The number of nitrogens with one attached hydrogen (secondary N) is 2. The molecule has 0 aliphatic carbocycles. The number of amides is 2. The fraction of sp³-hybridized carbons (Fsp3) is 0.800. The van der Waals surface area contributed by atoms with Crippen LogP contribution in [0.1, 0.15) is 26.7 Å². The molecular formula is C10H20N2O4S. The van der Waals surface area contributed by atoms with Crippen molar-refractivity contribution >= 4 is 22.8 Å². The molecule has 0 saturated heterocycles. The number of aliphatic carboxylic acids is 1. The van der Waals surface area contributed by atoms with Crippen molar-refractivity contribution in [3.8, 4) is 0 Å². The minimum absolute atomic E-state index is 0.0246. The van der Waals surface area contributed by atoms with Gasteiger partial charge in [0.15, 0.2) is 0 Å². The van der Waals surface area contributed by atoms with Crippen molar-refractivity contribution in [2.24, 2.45) is 0 Å². The fourth-order valence-corrected chi connectivity index (χ4v) is 1.36. The number of rotatable bonds is 7. The predicted molar refractivity (Wildman–Crippen MR) is 66.4 cm³/mol. The lowest BCUT2D eigenvalue weighted by atomic mass is 10.2. The maximum absolute atomic E-state index is 11.4. The molecule has 0 aromatic heterocycles. The molecule has 0 aromatic carbocycles. The fourth-order valence-electron chi connectivity index (χ4n) is 1.04. The van der Waals surface area contributed by atoms with E-state index in [1.807, 2.05) is 0 Å². The van der Waals surface area contributed by atoms with Crippen LogP contribution in [0.5, 0.6) is 0 Å². The van der Waals surface area contributed by atoms with Gasteiger partial charge in [0.2, 0.25) is 0 Å². The average Bonchev–Trinajstić information content (AvgIpc) is 2.22. The number of hydrogen-bond donors (Lipinski definition) is 3. The van der Waals surface area contributed by atoms with E-state index in [9.17, 15) is 13.8 Å². The summed E-state index contributed by atoms with van der Waals surface area (Å²) in [5.41, 5.74) is 0. The number of hydrogen-bond acceptors (Lipinski definition) is 3. The van der Waals surface area contributed by atoms with Crippen molar-refractivity contribution in [3.63, 3.8) is 0 Å². The van der Waals surface area contributed by atoms with E-state index in [1.165, 1.54) is 0 Å². The van der Waals surface area contributed by atoms with Gasteiger partial charge in [0.25, 0.3) is 0 Å². The molecule has 0 aliphatic heterocycles. The molecule has 0 bridgehead atoms. The van der Waals surface area contributed by atoms with E-state index in [1.54, 1.807) is 20.1 Å². The maximum Gasteiger partial charge on any atom is 0.315 e. The van der Waals surface area contributed by atoms with E-state index in [4.69, 9.17) is 5.11 Å². The predicted octanol–water partition coefficient (Wildman–Crippen LogP) is 0.306. The van der Waals surface area contributed by atoms with E-state index in [-0.39, 0.29) is 23.7 Å². The van der Waals surface area contributed by atoms with Gasteiger partial charge < -0.3 is 15.7 Å². The van der Waals surface area contributed by atoms with Crippen molar-refractivity contribution in [2.75, 3.05) is 12.8 Å². The van der Waals surface area contributed by atoms with Crippen LogP contribution in [0.4, 0.5) is 4.79 Å². The monoisotopic (exact) mass is 264 g/mol. The summed E-state index contributed by atoms with van der Waals surface area (Å²) in [6.45, 7) is 3.86. The highest BCUT2D eigenvalue weighted by molar-refractivity contribution is 7.84. The molecule has 3 N–H and O–H groups in total. The van der Waals surface area contributed by atoms with Gasteiger partial charge in [0.1, 0.15) is 0 Å². The summed E-state index contributed by atoms with van der Waals surface area (Å²) in [6.07, 6.45) is 1.99. The lowest BCUT2D eigenvalue weighted by Gasteiger charge is -2.15. The second kappa shape index (κ2) is 8.05. The maximum atomic E-state index is 11.4. The number of carboxylic acid groups (broad SMARTS) is 1. The Bertz CT molecular complexity index is 296. The molecule has 100 valence electrons. The number of carboxylic acids is 1. The molecule has 0 aliphatic rings. The Morgan fingerprint density at radius 3 is 2.41 bits per heavy atom. The molecule has 6 nitrogen and oxygen atoms in total. The highest BCUT2D eigenvalue weighted by atomic mass is 32.2. The van der Waals surface area contributed by atoms with Gasteiger partial charge in [-0.3, -0.25) is 9.00 Å². The molecule has 0 aromatic rings. The molecule has 7 heteroatoms. The molecule has 17 heavy (non-hydrogen) atoms. The summed E-state index contributed by atoms with van der Waals surface area (Å²) >= 11 is 0. The van der Waals surface area contributed by atoms with Crippen LogP contribution in [-0.2, 0) is 15.6 Å². The van der Waals surface area contributed by atoms with E-state index < -0.39 is 16.8 Å². The minimum Gasteiger partial charge on any atom is -0.481 e. The summed E-state index contributed by atoms with van der Waals surface area (Å²) in [5.74, 6) is -0.880. The van der Waals surface area contributed by atoms with Crippen LogP contribution in [0.25, 0.3) is 0 Å². The van der Waals surface area contributed by atoms with E-state index in [0.717, 1.165) is 0 Å². The Morgan fingerprint density at radius 1 is 1.35 bits per heavy atom. The largest absolute Gasteiger partial charge is 0.481 e. The van der Waals surface area contributed by atoms with E-state index >= 15 is 0 Å². The van der Waals surface area contributed by atoms with Gasteiger partial charge in [-0.05, 0) is 20.3 Å². The first-order valence-corrected chi connectivity index (χ1v) is 7.03. The second-order valence-electron chi connectivity index (χ2n) is 4.00. The third-order valence-corrected chi connectivity index (χ3v) is 3.59. The quantitative estimate of drug-likeness (QED) is 0.616. The summed E-state index contributed by atoms with van der Waals surface area (Å²) in [4.78, 5) is 21.7. The van der Waals surface area contributed by atoms with Gasteiger partial charge in [0, 0.05) is 41.3 Å². The van der Waals surface area contributed by atoms with E-state index in [0.29, 0.717) is 13.0 Å². The normalized spacial score (nSPS) is 15.7. The molecule has 0 spiro atoms. The summed E-state index contributed by atoms with van der Waals surface area (Å²) in [5, 5.41) is 13.6. The Kier molecular flexibility index (Phi) is 7.53. The lowest BCUT2D eigenvalue weighted by molar-refractivity contribution is -0.137. The third-order valence-electron chi connectivity index (χ3n) is 2.29. The van der Waals surface area contributed by atoms with Crippen molar-refractivity contribution in [1.82, 2.24) is 10.6 Å². The Labute approximate surface area is 104 Å². The molecule has 0 radical (unpaired) electrons. The van der Waals surface area contributed by atoms with Crippen LogP contribution in [0.15, 0.2) is 0 Å². The standard InChI is InChI=1S/C10H20N2O4S/c1-7(4-5-9(13)14)12-10(15)11-6-8(2)17(3)16/h7-8H,4-6H2,1-3H3,(H,13,14)(H2,11,12,15). The van der Waals surface area contributed by atoms with Crippen LogP contribution >= 0.6 is 0 Å². The van der Waals surface area contributed by atoms with Crippen molar-refractivity contribution in [1.29, 1.82) is 0 Å². The number of urea groups is 1. The molecule has 3 atom stereocenters. The first kappa shape index (κ1) is 15.9.